The molecule has 31 heavy (non-hydrogen) atoms. The van der Waals surface area contributed by atoms with Gasteiger partial charge >= 0.3 is 0 Å². The van der Waals surface area contributed by atoms with Crippen LogP contribution in [0.25, 0.3) is 0 Å². The lowest BCUT2D eigenvalue weighted by molar-refractivity contribution is -0.117. The van der Waals surface area contributed by atoms with E-state index in [0.29, 0.717) is 5.17 Å². The Balaban J connectivity index is 1.60. The van der Waals surface area contributed by atoms with Crippen molar-refractivity contribution in [1.82, 2.24) is 0 Å². The van der Waals surface area contributed by atoms with Gasteiger partial charge in [0.05, 0.1) is 31.1 Å². The molecule has 0 radical (unpaired) electrons. The third-order valence-corrected chi connectivity index (χ3v) is 8.66. The van der Waals surface area contributed by atoms with Gasteiger partial charge in [-0.3, -0.25) is 4.79 Å². The molecule has 0 unspecified atom stereocenters. The quantitative estimate of drug-likeness (QED) is 0.680. The largest absolute Gasteiger partial charge is 0.497 e. The van der Waals surface area contributed by atoms with Crippen LogP contribution >= 0.6 is 11.8 Å². The minimum absolute atomic E-state index is 0.0752. The number of benzene rings is 2. The number of hydrogen-bond acceptors (Lipinski definition) is 6. The first kappa shape index (κ1) is 21.7. The van der Waals surface area contributed by atoms with Crippen molar-refractivity contribution in [2.75, 3.05) is 42.5 Å². The Hall–Kier alpha value is -2.52. The van der Waals surface area contributed by atoms with Crippen molar-refractivity contribution in [1.29, 1.82) is 0 Å². The van der Waals surface area contributed by atoms with E-state index in [0.717, 1.165) is 22.7 Å². The van der Waals surface area contributed by atoms with Gasteiger partial charge in [0, 0.05) is 30.7 Å². The molecule has 0 bridgehead atoms. The number of amides is 1. The average molecular weight is 460 g/mol. The number of carbonyl (C=O) groups is 1. The molecule has 0 spiro atoms. The number of sulfone groups is 1. The summed E-state index contributed by atoms with van der Waals surface area (Å²) in [6.45, 7) is 0. The summed E-state index contributed by atoms with van der Waals surface area (Å²) in [6, 6.07) is 15.0. The molecular weight excluding hydrogens is 434 g/mol. The number of fused-ring (bicyclic) bond motifs is 1. The molecule has 2 heterocycles. The number of ether oxygens (including phenoxy) is 1. The minimum Gasteiger partial charge on any atom is -0.497 e. The van der Waals surface area contributed by atoms with E-state index in [9.17, 15) is 13.2 Å². The van der Waals surface area contributed by atoms with Crippen molar-refractivity contribution in [3.8, 4) is 5.75 Å². The lowest BCUT2D eigenvalue weighted by Crippen LogP contribution is -2.37. The molecule has 0 aromatic heterocycles. The third kappa shape index (κ3) is 4.72. The summed E-state index contributed by atoms with van der Waals surface area (Å²) in [5.41, 5.74) is 2.74. The van der Waals surface area contributed by atoms with Crippen LogP contribution in [-0.4, -0.2) is 63.5 Å². The number of anilines is 2. The highest BCUT2D eigenvalue weighted by atomic mass is 32.2. The molecule has 4 rings (SSSR count). The Morgan fingerprint density at radius 3 is 2.42 bits per heavy atom. The topological polar surface area (TPSA) is 79.3 Å². The van der Waals surface area contributed by atoms with Gasteiger partial charge in [-0.2, -0.15) is 4.99 Å². The highest BCUT2D eigenvalue weighted by Gasteiger charge is 2.49. The Labute approximate surface area is 187 Å². The third-order valence-electron chi connectivity index (χ3n) is 5.45. The van der Waals surface area contributed by atoms with Crippen LogP contribution in [0.15, 0.2) is 53.5 Å². The molecule has 0 aliphatic carbocycles. The fraction of sp³-hybridized carbons (Fsp3) is 0.364. The number of aliphatic imine (C=N–C) groups is 1. The van der Waals surface area contributed by atoms with Crippen molar-refractivity contribution in [3.63, 3.8) is 0 Å². The first-order valence-corrected chi connectivity index (χ1v) is 12.6. The number of carbonyl (C=O) groups excluding carboxylic acids is 1. The molecule has 2 atom stereocenters. The fourth-order valence-electron chi connectivity index (χ4n) is 3.84. The number of thioether (sulfide) groups is 1. The van der Waals surface area contributed by atoms with E-state index < -0.39 is 9.84 Å². The summed E-state index contributed by atoms with van der Waals surface area (Å²) < 4.78 is 29.6. The average Bonchev–Trinajstić information content (AvgIpc) is 3.19. The Morgan fingerprint density at radius 1 is 1.13 bits per heavy atom. The van der Waals surface area contributed by atoms with Gasteiger partial charge in [-0.25, -0.2) is 8.42 Å². The second kappa shape index (κ2) is 8.55. The smallest absolute Gasteiger partial charge is 0.252 e. The molecule has 2 aromatic carbocycles. The summed E-state index contributed by atoms with van der Waals surface area (Å²) >= 11 is 1.39. The maximum Gasteiger partial charge on any atom is 0.252 e. The van der Waals surface area contributed by atoms with E-state index in [1.165, 1.54) is 11.8 Å². The van der Waals surface area contributed by atoms with Crippen LogP contribution in [0.1, 0.15) is 5.56 Å². The number of amidine groups is 1. The highest BCUT2D eigenvalue weighted by Crippen LogP contribution is 2.41. The molecular formula is C22H25N3O4S2. The molecule has 9 heteroatoms. The molecule has 164 valence electrons. The second-order valence-electron chi connectivity index (χ2n) is 7.89. The summed E-state index contributed by atoms with van der Waals surface area (Å²) in [6.07, 6.45) is 0.176. The standard InChI is InChI=1S/C22H25N3O4S2/c1-24(2)16-6-8-17(9-7-16)25-19-13-31(27,28)14-20(19)30-22(25)23-21(26)12-15-4-10-18(29-3)11-5-15/h4-11,19-20H,12-14H2,1-3H3/t19-,20+/m1/s1. The summed E-state index contributed by atoms with van der Waals surface area (Å²) in [5, 5.41) is 0.451. The number of methoxy groups -OCH3 is 1. The molecule has 0 saturated carbocycles. The molecule has 2 aliphatic rings. The Kier molecular flexibility index (Phi) is 5.98. The van der Waals surface area contributed by atoms with Gasteiger partial charge in [0.25, 0.3) is 5.91 Å². The SMILES string of the molecule is COc1ccc(CC(=O)N=C2S[C@H]3CS(=O)(=O)C[C@H]3N2c2ccc(N(C)C)cc2)cc1. The van der Waals surface area contributed by atoms with E-state index in [1.807, 2.05) is 72.4 Å². The fourth-order valence-corrected chi connectivity index (χ4v) is 7.77. The predicted octanol–water partition coefficient (Wildman–Crippen LogP) is 2.61. The van der Waals surface area contributed by atoms with Crippen molar-refractivity contribution in [2.45, 2.75) is 17.7 Å². The summed E-state index contributed by atoms with van der Waals surface area (Å²) in [4.78, 5) is 21.0. The zero-order valence-corrected chi connectivity index (χ0v) is 19.3. The van der Waals surface area contributed by atoms with Gasteiger partial charge < -0.3 is 14.5 Å². The highest BCUT2D eigenvalue weighted by molar-refractivity contribution is 8.16. The minimum atomic E-state index is -3.10. The van der Waals surface area contributed by atoms with Gasteiger partial charge in [0.2, 0.25) is 0 Å². The zero-order valence-electron chi connectivity index (χ0n) is 17.7. The molecule has 1 amide bonds. The van der Waals surface area contributed by atoms with Gasteiger partial charge in [-0.1, -0.05) is 23.9 Å². The van der Waals surface area contributed by atoms with E-state index in [1.54, 1.807) is 7.11 Å². The van der Waals surface area contributed by atoms with Gasteiger partial charge in [-0.05, 0) is 42.0 Å². The van der Waals surface area contributed by atoms with Crippen LogP contribution in [-0.2, 0) is 21.1 Å². The van der Waals surface area contributed by atoms with Crippen LogP contribution in [0.3, 0.4) is 0 Å². The molecule has 7 nitrogen and oxygen atoms in total. The van der Waals surface area contributed by atoms with Crippen molar-refractivity contribution in [2.24, 2.45) is 4.99 Å². The molecule has 0 N–H and O–H groups in total. The predicted molar refractivity (Wildman–Crippen MR) is 126 cm³/mol. The second-order valence-corrected chi connectivity index (χ2v) is 11.3. The van der Waals surface area contributed by atoms with Crippen molar-refractivity contribution >= 4 is 44.0 Å². The van der Waals surface area contributed by atoms with Crippen LogP contribution in [0, 0.1) is 0 Å². The van der Waals surface area contributed by atoms with E-state index in [-0.39, 0.29) is 35.1 Å². The first-order valence-electron chi connectivity index (χ1n) is 9.94. The van der Waals surface area contributed by atoms with Crippen molar-refractivity contribution < 1.29 is 17.9 Å². The van der Waals surface area contributed by atoms with E-state index in [4.69, 9.17) is 4.74 Å². The lowest BCUT2D eigenvalue weighted by Gasteiger charge is -2.25. The molecule has 2 saturated heterocycles. The van der Waals surface area contributed by atoms with Crippen LogP contribution < -0.4 is 14.5 Å². The maximum atomic E-state index is 12.7. The summed E-state index contributed by atoms with van der Waals surface area (Å²) in [5.74, 6) is 0.659. The zero-order chi connectivity index (χ0) is 22.2. The van der Waals surface area contributed by atoms with Crippen molar-refractivity contribution in [3.05, 3.63) is 54.1 Å². The van der Waals surface area contributed by atoms with Gasteiger partial charge in [0.15, 0.2) is 15.0 Å². The Morgan fingerprint density at radius 2 is 1.81 bits per heavy atom. The normalized spacial score (nSPS) is 23.1. The summed E-state index contributed by atoms with van der Waals surface area (Å²) in [7, 11) is 2.43. The van der Waals surface area contributed by atoms with Crippen LogP contribution in [0.5, 0.6) is 5.75 Å². The van der Waals surface area contributed by atoms with E-state index in [2.05, 4.69) is 4.99 Å². The Bertz CT molecular complexity index is 1100. The molecule has 2 aromatic rings. The van der Waals surface area contributed by atoms with Crippen LogP contribution in [0.4, 0.5) is 11.4 Å². The first-order chi connectivity index (χ1) is 14.8. The van der Waals surface area contributed by atoms with E-state index >= 15 is 0 Å². The molecule has 2 fully saturated rings. The monoisotopic (exact) mass is 459 g/mol. The molecule has 2 aliphatic heterocycles. The number of rotatable bonds is 5. The number of hydrogen-bond donors (Lipinski definition) is 0. The number of nitrogens with zero attached hydrogens (tertiary/aromatic N) is 3. The van der Waals surface area contributed by atoms with Gasteiger partial charge in [-0.15, -0.1) is 0 Å². The van der Waals surface area contributed by atoms with Crippen LogP contribution in [0.2, 0.25) is 0 Å². The lowest BCUT2D eigenvalue weighted by atomic mass is 10.1. The van der Waals surface area contributed by atoms with Gasteiger partial charge in [0.1, 0.15) is 5.75 Å². The maximum absolute atomic E-state index is 12.7.